The fraction of sp³-hybridized carbons (Fsp3) is 0.133. The molecule has 2 aliphatic rings. The lowest BCUT2D eigenvalue weighted by Crippen LogP contribution is -2.44. The van der Waals surface area contributed by atoms with Crippen LogP contribution in [0.4, 0.5) is 10.5 Å². The molecule has 35 heavy (non-hydrogen) atoms. The number of aryl methyl sites for hydroxylation is 1. The molecule has 1 fully saturated rings. The van der Waals surface area contributed by atoms with Gasteiger partial charge in [0, 0.05) is 28.4 Å². The van der Waals surface area contributed by atoms with E-state index in [4.69, 9.17) is 0 Å². The van der Waals surface area contributed by atoms with E-state index in [0.29, 0.717) is 12.1 Å². The van der Waals surface area contributed by atoms with Gasteiger partial charge in [-0.15, -0.1) is 0 Å². The number of urea groups is 1. The van der Waals surface area contributed by atoms with Gasteiger partial charge in [-0.2, -0.15) is 0 Å². The molecule has 0 radical (unpaired) electrons. The molecule has 4 aromatic carbocycles. The van der Waals surface area contributed by atoms with Crippen molar-refractivity contribution in [2.45, 2.75) is 25.4 Å². The highest BCUT2D eigenvalue weighted by Gasteiger charge is 2.53. The van der Waals surface area contributed by atoms with Crippen molar-refractivity contribution in [1.82, 2.24) is 9.88 Å². The molecule has 1 saturated heterocycles. The van der Waals surface area contributed by atoms with E-state index in [1.807, 2.05) is 66.7 Å². The summed E-state index contributed by atoms with van der Waals surface area (Å²) in [7, 11) is 0. The molecular weight excluding hydrogens is 434 g/mol. The second-order valence-electron chi connectivity index (χ2n) is 9.46. The second kappa shape index (κ2) is 7.31. The van der Waals surface area contributed by atoms with Crippen molar-refractivity contribution in [3.63, 3.8) is 0 Å². The van der Waals surface area contributed by atoms with Crippen molar-refractivity contribution >= 4 is 39.3 Å². The average molecular weight is 458 g/mol. The van der Waals surface area contributed by atoms with Gasteiger partial charge >= 0.3 is 6.03 Å². The predicted molar refractivity (Wildman–Crippen MR) is 137 cm³/mol. The molecule has 1 unspecified atom stereocenters. The quantitative estimate of drug-likeness (QED) is 0.325. The number of para-hydroxylation sites is 1. The number of carbonyl (C=O) groups is 2. The molecule has 170 valence electrons. The maximum absolute atomic E-state index is 14.1. The number of carbonyl (C=O) groups excluding carboxylic acids is 2. The minimum atomic E-state index is -0.557. The Morgan fingerprint density at radius 1 is 0.829 bits per heavy atom. The molecule has 0 aliphatic carbocycles. The lowest BCUT2D eigenvalue weighted by molar-refractivity contribution is -0.120. The molecule has 0 saturated carbocycles. The number of nitrogens with one attached hydrogen (secondary N) is 1. The molecule has 2 aliphatic heterocycles. The minimum absolute atomic E-state index is 0.167. The maximum Gasteiger partial charge on any atom is 0.332 e. The summed E-state index contributed by atoms with van der Waals surface area (Å²) < 4.78 is 0. The fourth-order valence-electron chi connectivity index (χ4n) is 5.89. The predicted octanol–water partition coefficient (Wildman–Crippen LogP) is 6.11. The van der Waals surface area contributed by atoms with Crippen molar-refractivity contribution in [2.75, 3.05) is 4.90 Å². The van der Waals surface area contributed by atoms with Gasteiger partial charge in [0.2, 0.25) is 0 Å². The number of hydrogen-bond acceptors (Lipinski definition) is 2. The SMILES string of the molecule is Cc1cccc(C2c3[nH]c4ccccc4c3C[C@H]3C(=O)N(c4cccc5ccccc45)C(=O)N23)c1. The Kier molecular flexibility index (Phi) is 4.18. The second-order valence-corrected chi connectivity index (χ2v) is 9.46. The van der Waals surface area contributed by atoms with Crippen LogP contribution in [0, 0.1) is 6.92 Å². The number of aromatic amines is 1. The fourth-order valence-corrected chi connectivity index (χ4v) is 5.89. The molecule has 3 amide bonds. The van der Waals surface area contributed by atoms with Crippen LogP contribution < -0.4 is 4.90 Å². The van der Waals surface area contributed by atoms with Crippen LogP contribution in [0.2, 0.25) is 0 Å². The van der Waals surface area contributed by atoms with E-state index in [0.717, 1.165) is 44.1 Å². The molecule has 5 aromatic rings. The highest BCUT2D eigenvalue weighted by atomic mass is 16.2. The van der Waals surface area contributed by atoms with E-state index in [-0.39, 0.29) is 18.0 Å². The molecule has 2 atom stereocenters. The van der Waals surface area contributed by atoms with Crippen molar-refractivity contribution in [3.05, 3.63) is 113 Å². The Hall–Kier alpha value is -4.38. The molecule has 5 heteroatoms. The molecule has 5 nitrogen and oxygen atoms in total. The third-order valence-corrected chi connectivity index (χ3v) is 7.41. The van der Waals surface area contributed by atoms with Crippen LogP contribution in [0.25, 0.3) is 21.7 Å². The number of fused-ring (bicyclic) bond motifs is 5. The monoisotopic (exact) mass is 457 g/mol. The zero-order valence-corrected chi connectivity index (χ0v) is 19.2. The van der Waals surface area contributed by atoms with E-state index in [1.54, 1.807) is 4.90 Å². The van der Waals surface area contributed by atoms with Gasteiger partial charge in [-0.05, 0) is 35.6 Å². The molecule has 0 spiro atoms. The van der Waals surface area contributed by atoms with Gasteiger partial charge in [-0.25, -0.2) is 9.69 Å². The van der Waals surface area contributed by atoms with Gasteiger partial charge in [-0.3, -0.25) is 9.69 Å². The Morgan fingerprint density at radius 2 is 1.57 bits per heavy atom. The molecule has 3 heterocycles. The van der Waals surface area contributed by atoms with Gasteiger partial charge in [-0.1, -0.05) is 84.4 Å². The van der Waals surface area contributed by atoms with E-state index < -0.39 is 6.04 Å². The Bertz CT molecular complexity index is 1660. The number of rotatable bonds is 2. The van der Waals surface area contributed by atoms with Gasteiger partial charge < -0.3 is 4.98 Å². The van der Waals surface area contributed by atoms with Crippen molar-refractivity contribution in [1.29, 1.82) is 0 Å². The highest BCUT2D eigenvalue weighted by Crippen LogP contribution is 2.45. The van der Waals surface area contributed by atoms with Crippen LogP contribution in [0.5, 0.6) is 0 Å². The third-order valence-electron chi connectivity index (χ3n) is 7.41. The molecule has 1 N–H and O–H groups in total. The number of anilines is 1. The van der Waals surface area contributed by atoms with Gasteiger partial charge in [0.1, 0.15) is 12.1 Å². The van der Waals surface area contributed by atoms with Crippen LogP contribution in [0.15, 0.2) is 91.0 Å². The molecule has 0 bridgehead atoms. The van der Waals surface area contributed by atoms with Gasteiger partial charge in [0.05, 0.1) is 5.69 Å². The topological polar surface area (TPSA) is 56.4 Å². The van der Waals surface area contributed by atoms with Crippen molar-refractivity contribution < 1.29 is 9.59 Å². The Balaban J connectivity index is 1.44. The Labute approximate surface area is 202 Å². The lowest BCUT2D eigenvalue weighted by atomic mass is 9.88. The summed E-state index contributed by atoms with van der Waals surface area (Å²) in [6.45, 7) is 2.05. The first-order valence-corrected chi connectivity index (χ1v) is 11.9. The van der Waals surface area contributed by atoms with E-state index in [2.05, 4.69) is 36.2 Å². The van der Waals surface area contributed by atoms with Crippen LogP contribution in [-0.2, 0) is 11.2 Å². The molecular formula is C30H23N3O2. The summed E-state index contributed by atoms with van der Waals surface area (Å²) in [5, 5.41) is 3.01. The first kappa shape index (κ1) is 20.0. The maximum atomic E-state index is 14.1. The smallest absolute Gasteiger partial charge is 0.332 e. The van der Waals surface area contributed by atoms with Gasteiger partial charge in [0.15, 0.2) is 0 Å². The lowest BCUT2D eigenvalue weighted by Gasteiger charge is -2.36. The summed E-state index contributed by atoms with van der Waals surface area (Å²) >= 11 is 0. The number of hydrogen-bond donors (Lipinski definition) is 1. The number of amides is 3. The van der Waals surface area contributed by atoms with Crippen LogP contribution in [-0.4, -0.2) is 27.9 Å². The highest BCUT2D eigenvalue weighted by molar-refractivity contribution is 6.24. The normalized spacial score (nSPS) is 19.5. The molecule has 1 aromatic heterocycles. The Morgan fingerprint density at radius 3 is 2.43 bits per heavy atom. The number of H-pyrrole nitrogens is 1. The van der Waals surface area contributed by atoms with E-state index in [9.17, 15) is 9.59 Å². The van der Waals surface area contributed by atoms with Crippen molar-refractivity contribution in [2.24, 2.45) is 0 Å². The van der Waals surface area contributed by atoms with Crippen LogP contribution in [0.1, 0.15) is 28.4 Å². The van der Waals surface area contributed by atoms with E-state index >= 15 is 0 Å². The summed E-state index contributed by atoms with van der Waals surface area (Å²) in [5.41, 5.74) is 5.91. The first-order chi connectivity index (χ1) is 17.1. The summed E-state index contributed by atoms with van der Waals surface area (Å²) in [5.74, 6) is -0.167. The minimum Gasteiger partial charge on any atom is -0.356 e. The van der Waals surface area contributed by atoms with Crippen LogP contribution >= 0.6 is 0 Å². The third kappa shape index (κ3) is 2.81. The van der Waals surface area contributed by atoms with E-state index in [1.165, 1.54) is 4.90 Å². The van der Waals surface area contributed by atoms with Gasteiger partial charge in [0.25, 0.3) is 5.91 Å². The van der Waals surface area contributed by atoms with Crippen LogP contribution in [0.3, 0.4) is 0 Å². The largest absolute Gasteiger partial charge is 0.356 e. The number of imide groups is 1. The summed E-state index contributed by atoms with van der Waals surface area (Å²) in [4.78, 5) is 34.8. The molecule has 7 rings (SSSR count). The number of aromatic nitrogens is 1. The number of benzene rings is 4. The zero-order valence-electron chi connectivity index (χ0n) is 19.2. The average Bonchev–Trinajstić information content (AvgIpc) is 3.37. The van der Waals surface area contributed by atoms with Crippen molar-refractivity contribution in [3.8, 4) is 0 Å². The summed E-state index contributed by atoms with van der Waals surface area (Å²) in [6.07, 6.45) is 0.494. The zero-order chi connectivity index (χ0) is 23.7. The number of nitrogens with zero attached hydrogens (tertiary/aromatic N) is 2. The first-order valence-electron chi connectivity index (χ1n) is 11.9. The summed E-state index contributed by atoms with van der Waals surface area (Å²) in [6, 6.07) is 28.9. The standard InChI is InChI=1S/C30H23N3O2/c1-18-8-6-11-20(16-18)28-27-23(22-13-4-5-14-24(22)31-27)17-26-29(34)33(30(35)32(26)28)25-15-7-10-19-9-2-3-12-21(19)25/h2-16,26,28,31H,17H2,1H3/t26-,28?/m0/s1.